The summed E-state index contributed by atoms with van der Waals surface area (Å²) in [5.41, 5.74) is 0. The highest BCUT2D eigenvalue weighted by atomic mass is 35.5. The standard InChI is InChI=1S/C9H8ClN3O3/c10-7-3-12-8(4-11-7)13-9(14)6-5-15-1-2-16-6/h3-5H,1-2H2,(H,12,13,14). The van der Waals surface area contributed by atoms with Crippen LogP contribution >= 0.6 is 11.6 Å². The van der Waals surface area contributed by atoms with Crippen LogP contribution in [0.5, 0.6) is 0 Å². The predicted octanol–water partition coefficient (Wildman–Crippen LogP) is 0.957. The average Bonchev–Trinajstić information content (AvgIpc) is 2.33. The Hall–Kier alpha value is -1.82. The summed E-state index contributed by atoms with van der Waals surface area (Å²) in [5, 5.41) is 2.75. The van der Waals surface area contributed by atoms with Crippen molar-refractivity contribution >= 4 is 23.3 Å². The summed E-state index contributed by atoms with van der Waals surface area (Å²) in [5.74, 6) is -0.0243. The number of hydrogen-bond acceptors (Lipinski definition) is 5. The minimum absolute atomic E-state index is 0.114. The normalized spacial score (nSPS) is 14.4. The van der Waals surface area contributed by atoms with Gasteiger partial charge in [0.05, 0.1) is 12.4 Å². The van der Waals surface area contributed by atoms with E-state index in [0.717, 1.165) is 0 Å². The second kappa shape index (κ2) is 4.80. The minimum Gasteiger partial charge on any atom is -0.494 e. The van der Waals surface area contributed by atoms with Gasteiger partial charge in [-0.2, -0.15) is 0 Å². The van der Waals surface area contributed by atoms with Crippen LogP contribution in [0.3, 0.4) is 0 Å². The Balaban J connectivity index is 2.01. The molecular weight excluding hydrogens is 234 g/mol. The molecule has 1 aromatic heterocycles. The molecule has 0 saturated carbocycles. The van der Waals surface area contributed by atoms with Crippen LogP contribution in [0.2, 0.25) is 5.15 Å². The van der Waals surface area contributed by atoms with Gasteiger partial charge in [-0.05, 0) is 0 Å². The number of halogens is 1. The fraction of sp³-hybridized carbons (Fsp3) is 0.222. The highest BCUT2D eigenvalue weighted by molar-refractivity contribution is 6.29. The molecule has 1 amide bonds. The monoisotopic (exact) mass is 241 g/mol. The fourth-order valence-electron chi connectivity index (χ4n) is 1.04. The van der Waals surface area contributed by atoms with Crippen molar-refractivity contribution in [2.75, 3.05) is 18.5 Å². The van der Waals surface area contributed by atoms with Crippen LogP contribution in [0.4, 0.5) is 5.82 Å². The van der Waals surface area contributed by atoms with E-state index in [1.807, 2.05) is 0 Å². The Morgan fingerprint density at radius 2 is 2.25 bits per heavy atom. The van der Waals surface area contributed by atoms with Crippen molar-refractivity contribution in [1.29, 1.82) is 0 Å². The van der Waals surface area contributed by atoms with Crippen molar-refractivity contribution in [3.05, 3.63) is 29.6 Å². The summed E-state index contributed by atoms with van der Waals surface area (Å²) in [4.78, 5) is 19.2. The first kappa shape index (κ1) is 10.7. The lowest BCUT2D eigenvalue weighted by Gasteiger charge is -2.14. The summed E-state index contributed by atoms with van der Waals surface area (Å²) < 4.78 is 10.0. The molecule has 84 valence electrons. The molecule has 0 spiro atoms. The highest BCUT2D eigenvalue weighted by Gasteiger charge is 2.15. The first-order chi connectivity index (χ1) is 7.75. The number of rotatable bonds is 2. The number of aromatic nitrogens is 2. The van der Waals surface area contributed by atoms with E-state index < -0.39 is 5.91 Å². The van der Waals surface area contributed by atoms with E-state index in [1.54, 1.807) is 0 Å². The summed E-state index contributed by atoms with van der Waals surface area (Å²) in [6.07, 6.45) is 3.95. The molecule has 2 heterocycles. The topological polar surface area (TPSA) is 73.3 Å². The molecule has 1 aliphatic heterocycles. The highest BCUT2D eigenvalue weighted by Crippen LogP contribution is 2.09. The summed E-state index contributed by atoms with van der Waals surface area (Å²) >= 11 is 5.55. The van der Waals surface area contributed by atoms with Crippen molar-refractivity contribution in [2.45, 2.75) is 0 Å². The second-order valence-corrected chi connectivity index (χ2v) is 3.27. The molecule has 0 aromatic carbocycles. The van der Waals surface area contributed by atoms with E-state index >= 15 is 0 Å². The quantitative estimate of drug-likeness (QED) is 0.835. The Bertz CT molecular complexity index is 419. The second-order valence-electron chi connectivity index (χ2n) is 2.88. The van der Waals surface area contributed by atoms with E-state index in [0.29, 0.717) is 19.0 Å². The SMILES string of the molecule is O=C(Nc1cnc(Cl)cn1)C1=COCCO1. The van der Waals surface area contributed by atoms with Gasteiger partial charge in [-0.15, -0.1) is 0 Å². The number of carbonyl (C=O) groups is 1. The molecule has 0 radical (unpaired) electrons. The lowest BCUT2D eigenvalue weighted by atomic mass is 10.4. The third kappa shape index (κ3) is 2.60. The van der Waals surface area contributed by atoms with Gasteiger partial charge < -0.3 is 14.8 Å². The van der Waals surface area contributed by atoms with Gasteiger partial charge in [0.15, 0.2) is 5.82 Å². The molecule has 0 fully saturated rings. The molecule has 0 unspecified atom stereocenters. The Morgan fingerprint density at radius 1 is 1.38 bits per heavy atom. The van der Waals surface area contributed by atoms with Gasteiger partial charge in [0.1, 0.15) is 24.6 Å². The van der Waals surface area contributed by atoms with Gasteiger partial charge >= 0.3 is 0 Å². The molecule has 1 aromatic rings. The number of amides is 1. The molecule has 0 bridgehead atoms. The van der Waals surface area contributed by atoms with Crippen LogP contribution in [0.15, 0.2) is 24.4 Å². The molecule has 0 saturated heterocycles. The third-order valence-electron chi connectivity index (χ3n) is 1.73. The maximum Gasteiger partial charge on any atom is 0.295 e. The molecule has 1 N–H and O–H groups in total. The number of nitrogens with one attached hydrogen (secondary N) is 1. The first-order valence-corrected chi connectivity index (χ1v) is 4.87. The van der Waals surface area contributed by atoms with E-state index in [4.69, 9.17) is 21.1 Å². The summed E-state index contributed by atoms with van der Waals surface area (Å²) in [7, 11) is 0. The zero-order valence-electron chi connectivity index (χ0n) is 8.14. The van der Waals surface area contributed by atoms with Gasteiger partial charge in [-0.25, -0.2) is 9.97 Å². The van der Waals surface area contributed by atoms with Gasteiger partial charge in [0, 0.05) is 0 Å². The van der Waals surface area contributed by atoms with Crippen molar-refractivity contribution in [3.63, 3.8) is 0 Å². The minimum atomic E-state index is -0.434. The van der Waals surface area contributed by atoms with Gasteiger partial charge in [-0.3, -0.25) is 4.79 Å². The zero-order valence-corrected chi connectivity index (χ0v) is 8.90. The van der Waals surface area contributed by atoms with Crippen LogP contribution < -0.4 is 5.32 Å². The molecule has 6 nitrogen and oxygen atoms in total. The van der Waals surface area contributed by atoms with Crippen LogP contribution in [0.1, 0.15) is 0 Å². The predicted molar refractivity (Wildman–Crippen MR) is 55.7 cm³/mol. The van der Waals surface area contributed by atoms with Crippen LogP contribution in [0, 0.1) is 0 Å². The van der Waals surface area contributed by atoms with Crippen molar-refractivity contribution in [2.24, 2.45) is 0 Å². The first-order valence-electron chi connectivity index (χ1n) is 4.49. The Labute approximate surface area is 96.2 Å². The third-order valence-corrected chi connectivity index (χ3v) is 1.93. The molecule has 0 aliphatic carbocycles. The molecule has 7 heteroatoms. The zero-order chi connectivity index (χ0) is 11.4. The van der Waals surface area contributed by atoms with E-state index in [9.17, 15) is 4.79 Å². The smallest absolute Gasteiger partial charge is 0.295 e. The summed E-state index contributed by atoms with van der Waals surface area (Å²) in [6.45, 7) is 0.795. The Kier molecular flexibility index (Phi) is 3.21. The van der Waals surface area contributed by atoms with Crippen molar-refractivity contribution in [3.8, 4) is 0 Å². The van der Waals surface area contributed by atoms with Gasteiger partial charge in [0.2, 0.25) is 5.76 Å². The number of hydrogen-bond donors (Lipinski definition) is 1. The number of ether oxygens (including phenoxy) is 2. The van der Waals surface area contributed by atoms with Gasteiger partial charge in [-0.1, -0.05) is 11.6 Å². The Morgan fingerprint density at radius 3 is 2.88 bits per heavy atom. The maximum atomic E-state index is 11.6. The molecule has 1 aliphatic rings. The van der Waals surface area contributed by atoms with E-state index in [1.165, 1.54) is 18.7 Å². The molecular formula is C9H8ClN3O3. The lowest BCUT2D eigenvalue weighted by Crippen LogP contribution is -2.21. The average molecular weight is 242 g/mol. The van der Waals surface area contributed by atoms with E-state index in [-0.39, 0.29) is 10.9 Å². The number of nitrogens with zero attached hydrogens (tertiary/aromatic N) is 2. The van der Waals surface area contributed by atoms with Crippen molar-refractivity contribution < 1.29 is 14.3 Å². The van der Waals surface area contributed by atoms with Crippen LogP contribution in [-0.4, -0.2) is 29.1 Å². The number of anilines is 1. The fourth-order valence-corrected chi connectivity index (χ4v) is 1.14. The molecule has 16 heavy (non-hydrogen) atoms. The van der Waals surface area contributed by atoms with Crippen LogP contribution in [0.25, 0.3) is 0 Å². The van der Waals surface area contributed by atoms with Crippen LogP contribution in [-0.2, 0) is 14.3 Å². The maximum absolute atomic E-state index is 11.6. The van der Waals surface area contributed by atoms with Gasteiger partial charge in [0.25, 0.3) is 5.91 Å². The van der Waals surface area contributed by atoms with Crippen molar-refractivity contribution in [1.82, 2.24) is 9.97 Å². The number of carbonyl (C=O) groups excluding carboxylic acids is 1. The lowest BCUT2D eigenvalue weighted by molar-refractivity contribution is -0.117. The molecule has 0 atom stereocenters. The van der Waals surface area contributed by atoms with E-state index in [2.05, 4.69) is 15.3 Å². The largest absolute Gasteiger partial charge is 0.494 e. The molecule has 2 rings (SSSR count). The summed E-state index contributed by atoms with van der Waals surface area (Å²) in [6, 6.07) is 0.